The number of hydrogen-bond donors (Lipinski definition) is 0. The summed E-state index contributed by atoms with van der Waals surface area (Å²) in [5, 5.41) is 0. The van der Waals surface area contributed by atoms with Crippen molar-refractivity contribution in [3.05, 3.63) is 70.2 Å². The fourth-order valence-electron chi connectivity index (χ4n) is 2.33. The molecule has 0 spiro atoms. The number of ether oxygens (including phenoxy) is 1. The maximum Gasteiger partial charge on any atom is 0.414 e. The molecule has 0 unspecified atom stereocenters. The van der Waals surface area contributed by atoms with E-state index >= 15 is 0 Å². The Labute approximate surface area is 142 Å². The van der Waals surface area contributed by atoms with Crippen LogP contribution in [0.1, 0.15) is 15.9 Å². The first-order valence-electron chi connectivity index (χ1n) is 7.16. The van der Waals surface area contributed by atoms with E-state index in [1.807, 2.05) is 24.3 Å². The number of benzene rings is 2. The van der Waals surface area contributed by atoms with Crippen LogP contribution in [0.2, 0.25) is 0 Å². The first-order chi connectivity index (χ1) is 11.1. The normalized spacial score (nSPS) is 14.3. The van der Waals surface area contributed by atoms with Crippen molar-refractivity contribution in [2.24, 2.45) is 0 Å². The van der Waals surface area contributed by atoms with E-state index in [-0.39, 0.29) is 11.9 Å². The van der Waals surface area contributed by atoms with Crippen molar-refractivity contribution in [2.75, 3.05) is 18.1 Å². The van der Waals surface area contributed by atoms with E-state index in [0.717, 1.165) is 10.0 Å². The Morgan fingerprint density at radius 1 is 1.17 bits per heavy atom. The number of rotatable bonds is 4. The first kappa shape index (κ1) is 15.5. The highest BCUT2D eigenvalue weighted by atomic mass is 79.9. The number of halogens is 1. The number of ketones is 1. The zero-order chi connectivity index (χ0) is 16.2. The van der Waals surface area contributed by atoms with Crippen molar-refractivity contribution < 1.29 is 14.3 Å². The van der Waals surface area contributed by atoms with E-state index in [9.17, 15) is 9.59 Å². The van der Waals surface area contributed by atoms with Gasteiger partial charge in [-0.25, -0.2) is 4.79 Å². The van der Waals surface area contributed by atoms with Crippen molar-refractivity contribution in [1.29, 1.82) is 0 Å². The molecule has 0 aromatic heterocycles. The van der Waals surface area contributed by atoms with Gasteiger partial charge in [0.2, 0.25) is 0 Å². The molecule has 4 nitrogen and oxygen atoms in total. The van der Waals surface area contributed by atoms with Gasteiger partial charge < -0.3 is 4.74 Å². The zero-order valence-corrected chi connectivity index (χ0v) is 13.8. The highest BCUT2D eigenvalue weighted by molar-refractivity contribution is 9.10. The summed E-state index contributed by atoms with van der Waals surface area (Å²) in [5.41, 5.74) is 2.15. The summed E-state index contributed by atoms with van der Waals surface area (Å²) in [6.07, 6.45) is 2.92. The van der Waals surface area contributed by atoms with Crippen LogP contribution in [0.25, 0.3) is 6.08 Å². The van der Waals surface area contributed by atoms with E-state index in [2.05, 4.69) is 15.9 Å². The molecule has 23 heavy (non-hydrogen) atoms. The summed E-state index contributed by atoms with van der Waals surface area (Å²) in [4.78, 5) is 25.4. The van der Waals surface area contributed by atoms with Gasteiger partial charge in [-0.2, -0.15) is 0 Å². The van der Waals surface area contributed by atoms with Crippen LogP contribution in [0, 0.1) is 0 Å². The molecule has 0 aliphatic carbocycles. The van der Waals surface area contributed by atoms with Crippen molar-refractivity contribution in [1.82, 2.24) is 0 Å². The number of anilines is 1. The van der Waals surface area contributed by atoms with Crippen LogP contribution in [0.4, 0.5) is 10.5 Å². The molecule has 0 atom stereocenters. The fraction of sp³-hybridized carbons (Fsp3) is 0.111. The van der Waals surface area contributed by atoms with Crippen LogP contribution < -0.4 is 4.90 Å². The summed E-state index contributed by atoms with van der Waals surface area (Å²) < 4.78 is 5.88. The van der Waals surface area contributed by atoms with Crippen LogP contribution in [-0.2, 0) is 4.74 Å². The molecule has 0 N–H and O–H groups in total. The molecule has 2 aromatic carbocycles. The van der Waals surface area contributed by atoms with E-state index in [1.54, 1.807) is 30.3 Å². The smallest absolute Gasteiger partial charge is 0.414 e. The Morgan fingerprint density at radius 2 is 2.00 bits per heavy atom. The molecule has 3 rings (SSSR count). The molecule has 1 heterocycles. The van der Waals surface area contributed by atoms with Gasteiger partial charge in [0.15, 0.2) is 5.78 Å². The lowest BCUT2D eigenvalue weighted by Crippen LogP contribution is -2.23. The third-order valence-electron chi connectivity index (χ3n) is 3.48. The Balaban J connectivity index is 1.78. The minimum atomic E-state index is -0.376. The predicted octanol–water partition coefficient (Wildman–Crippen LogP) is 4.30. The molecule has 0 bridgehead atoms. The van der Waals surface area contributed by atoms with Gasteiger partial charge in [0.05, 0.1) is 6.54 Å². The quantitative estimate of drug-likeness (QED) is 0.594. The number of carbonyl (C=O) groups is 2. The Hall–Kier alpha value is -2.40. The van der Waals surface area contributed by atoms with Gasteiger partial charge >= 0.3 is 6.09 Å². The maximum absolute atomic E-state index is 12.3. The maximum atomic E-state index is 12.3. The fourth-order valence-corrected chi connectivity index (χ4v) is 2.75. The third kappa shape index (κ3) is 3.68. The minimum absolute atomic E-state index is 0.112. The molecular weight excluding hydrogens is 358 g/mol. The molecular formula is C18H14BrNO3. The van der Waals surface area contributed by atoms with Crippen LogP contribution >= 0.6 is 15.9 Å². The molecule has 1 amide bonds. The summed E-state index contributed by atoms with van der Waals surface area (Å²) in [6, 6.07) is 14.7. The Morgan fingerprint density at radius 3 is 2.74 bits per heavy atom. The van der Waals surface area contributed by atoms with Gasteiger partial charge in [-0.05, 0) is 35.9 Å². The number of hydrogen-bond acceptors (Lipinski definition) is 3. The van der Waals surface area contributed by atoms with Gasteiger partial charge in [-0.1, -0.05) is 46.3 Å². The lowest BCUT2D eigenvalue weighted by Gasteiger charge is -2.13. The summed E-state index contributed by atoms with van der Waals surface area (Å²) in [6.45, 7) is 0.879. The average Bonchev–Trinajstić information content (AvgIpc) is 2.99. The van der Waals surface area contributed by atoms with Gasteiger partial charge in [0.1, 0.15) is 6.61 Å². The second kappa shape index (κ2) is 6.79. The predicted molar refractivity (Wildman–Crippen MR) is 92.6 cm³/mol. The topological polar surface area (TPSA) is 46.6 Å². The Bertz CT molecular complexity index is 785. The van der Waals surface area contributed by atoms with E-state index in [1.165, 1.54) is 11.0 Å². The summed E-state index contributed by atoms with van der Waals surface area (Å²) >= 11 is 3.40. The molecule has 1 saturated heterocycles. The monoisotopic (exact) mass is 371 g/mol. The first-order valence-corrected chi connectivity index (χ1v) is 7.95. The molecule has 116 valence electrons. The number of amides is 1. The van der Waals surface area contributed by atoms with Crippen molar-refractivity contribution >= 4 is 39.6 Å². The molecule has 5 heteroatoms. The highest BCUT2D eigenvalue weighted by Gasteiger charge is 2.23. The van der Waals surface area contributed by atoms with Crippen LogP contribution in [0.5, 0.6) is 0 Å². The van der Waals surface area contributed by atoms with Gasteiger partial charge in [-0.15, -0.1) is 0 Å². The van der Waals surface area contributed by atoms with Crippen LogP contribution in [0.15, 0.2) is 59.1 Å². The lowest BCUT2D eigenvalue weighted by molar-refractivity contribution is 0.104. The second-order valence-electron chi connectivity index (χ2n) is 5.07. The van der Waals surface area contributed by atoms with Crippen LogP contribution in [0.3, 0.4) is 0 Å². The average molecular weight is 372 g/mol. The molecule has 0 saturated carbocycles. The number of allylic oxidation sites excluding steroid dienone is 1. The van der Waals surface area contributed by atoms with Crippen molar-refractivity contribution in [3.63, 3.8) is 0 Å². The Kier molecular flexibility index (Phi) is 4.57. The highest BCUT2D eigenvalue weighted by Crippen LogP contribution is 2.20. The van der Waals surface area contributed by atoms with E-state index in [0.29, 0.717) is 24.4 Å². The molecule has 1 aliphatic heterocycles. The largest absolute Gasteiger partial charge is 0.447 e. The minimum Gasteiger partial charge on any atom is -0.447 e. The number of nitrogens with zero attached hydrogens (tertiary/aromatic N) is 1. The second-order valence-corrected chi connectivity index (χ2v) is 5.98. The lowest BCUT2D eigenvalue weighted by atomic mass is 10.1. The summed E-state index contributed by atoms with van der Waals surface area (Å²) in [5.74, 6) is -0.112. The molecule has 0 radical (unpaired) electrons. The van der Waals surface area contributed by atoms with Crippen molar-refractivity contribution in [3.8, 4) is 0 Å². The van der Waals surface area contributed by atoms with E-state index < -0.39 is 0 Å². The summed E-state index contributed by atoms with van der Waals surface area (Å²) in [7, 11) is 0. The van der Waals surface area contributed by atoms with Crippen molar-refractivity contribution in [2.45, 2.75) is 0 Å². The SMILES string of the molecule is O=C(/C=C/c1cccc(Br)c1)c1cccc(N2CCOC2=O)c1. The van der Waals surface area contributed by atoms with Gasteiger partial charge in [0.25, 0.3) is 0 Å². The molecule has 2 aromatic rings. The zero-order valence-electron chi connectivity index (χ0n) is 12.2. The third-order valence-corrected chi connectivity index (χ3v) is 3.97. The van der Waals surface area contributed by atoms with Gasteiger partial charge in [-0.3, -0.25) is 9.69 Å². The standard InChI is InChI=1S/C18H14BrNO3/c19-15-5-1-3-13(11-15)7-8-17(21)14-4-2-6-16(12-14)20-9-10-23-18(20)22/h1-8,11-12H,9-10H2/b8-7+. The van der Waals surface area contributed by atoms with E-state index in [4.69, 9.17) is 4.74 Å². The molecule has 1 fully saturated rings. The van der Waals surface area contributed by atoms with Gasteiger partial charge in [0, 0.05) is 15.7 Å². The number of carbonyl (C=O) groups excluding carboxylic acids is 2. The molecule has 1 aliphatic rings. The van der Waals surface area contributed by atoms with Crippen LogP contribution in [-0.4, -0.2) is 25.0 Å². The number of cyclic esters (lactones) is 1.